The predicted octanol–water partition coefficient (Wildman–Crippen LogP) is 1.86. The lowest BCUT2D eigenvalue weighted by Gasteiger charge is -2.32. The lowest BCUT2D eigenvalue weighted by Crippen LogP contribution is -2.46. The number of alkyl halides is 3. The van der Waals surface area contributed by atoms with Gasteiger partial charge in [-0.25, -0.2) is 8.42 Å². The first-order chi connectivity index (χ1) is 8.79. The normalized spacial score (nSPS) is 22.8. The summed E-state index contributed by atoms with van der Waals surface area (Å²) in [6.07, 6.45) is -4.38. The van der Waals surface area contributed by atoms with E-state index in [1.807, 2.05) is 0 Å². The van der Waals surface area contributed by atoms with Crippen molar-refractivity contribution in [3.05, 3.63) is 0 Å². The smallest absolute Gasteiger partial charge is 0.333 e. The molecular formula is C12H20F3NO3S. The predicted molar refractivity (Wildman–Crippen MR) is 68.9 cm³/mol. The van der Waals surface area contributed by atoms with E-state index in [9.17, 15) is 26.4 Å². The van der Waals surface area contributed by atoms with Crippen molar-refractivity contribution in [2.24, 2.45) is 11.3 Å². The number of carbonyl (C=O) groups is 1. The van der Waals surface area contributed by atoms with Crippen molar-refractivity contribution < 1.29 is 26.4 Å². The van der Waals surface area contributed by atoms with Crippen LogP contribution < -0.4 is 0 Å². The van der Waals surface area contributed by atoms with Gasteiger partial charge >= 0.3 is 6.18 Å². The van der Waals surface area contributed by atoms with Crippen molar-refractivity contribution in [1.82, 2.24) is 4.90 Å². The van der Waals surface area contributed by atoms with Crippen LogP contribution in [0, 0.1) is 11.3 Å². The molecule has 1 heterocycles. The minimum absolute atomic E-state index is 0.0537. The Morgan fingerprint density at radius 1 is 1.20 bits per heavy atom. The fraction of sp³-hybridized carbons (Fsp3) is 0.917. The van der Waals surface area contributed by atoms with Gasteiger partial charge in [-0.1, -0.05) is 20.8 Å². The zero-order valence-corrected chi connectivity index (χ0v) is 12.6. The second-order valence-electron chi connectivity index (χ2n) is 6.47. The van der Waals surface area contributed by atoms with Gasteiger partial charge in [0.05, 0.1) is 17.4 Å². The molecule has 1 amide bonds. The van der Waals surface area contributed by atoms with Crippen LogP contribution in [0.4, 0.5) is 13.2 Å². The third-order valence-electron chi connectivity index (χ3n) is 2.93. The minimum Gasteiger partial charge on any atom is -0.333 e. The van der Waals surface area contributed by atoms with Gasteiger partial charge < -0.3 is 4.90 Å². The van der Waals surface area contributed by atoms with Crippen molar-refractivity contribution in [3.63, 3.8) is 0 Å². The molecule has 4 nitrogen and oxygen atoms in total. The summed E-state index contributed by atoms with van der Waals surface area (Å²) in [5.74, 6) is -2.02. The Labute approximate surface area is 117 Å². The van der Waals surface area contributed by atoms with Crippen LogP contribution in [0.15, 0.2) is 0 Å². The maximum absolute atomic E-state index is 12.6. The Morgan fingerprint density at radius 2 is 1.75 bits per heavy atom. The van der Waals surface area contributed by atoms with E-state index < -0.39 is 39.8 Å². The van der Waals surface area contributed by atoms with Gasteiger partial charge in [-0.3, -0.25) is 4.79 Å². The van der Waals surface area contributed by atoms with E-state index in [1.165, 1.54) is 0 Å². The van der Waals surface area contributed by atoms with Crippen molar-refractivity contribution in [3.8, 4) is 0 Å². The molecule has 0 saturated carbocycles. The Morgan fingerprint density at radius 3 is 2.10 bits per heavy atom. The van der Waals surface area contributed by atoms with Gasteiger partial charge in [-0.05, 0) is 11.8 Å². The SMILES string of the molecule is CC(C)(C)CN(CC(F)(F)F)C(=O)[C@H]1CCS(=O)(=O)C1. The van der Waals surface area contributed by atoms with Crippen LogP contribution in [0.1, 0.15) is 27.2 Å². The number of rotatable bonds is 3. The first-order valence-corrected chi connectivity index (χ1v) is 8.17. The van der Waals surface area contributed by atoms with E-state index in [2.05, 4.69) is 0 Å². The Bertz CT molecular complexity index is 449. The summed E-state index contributed by atoms with van der Waals surface area (Å²) in [5, 5.41) is 0. The fourth-order valence-electron chi connectivity index (χ4n) is 2.25. The molecule has 0 spiro atoms. The highest BCUT2D eigenvalue weighted by atomic mass is 32.2. The monoisotopic (exact) mass is 315 g/mol. The second kappa shape index (κ2) is 5.54. The lowest BCUT2D eigenvalue weighted by molar-refractivity contribution is -0.165. The maximum atomic E-state index is 12.6. The largest absolute Gasteiger partial charge is 0.406 e. The number of amides is 1. The van der Waals surface area contributed by atoms with Crippen LogP contribution in [0.2, 0.25) is 0 Å². The quantitative estimate of drug-likeness (QED) is 0.799. The second-order valence-corrected chi connectivity index (χ2v) is 8.70. The van der Waals surface area contributed by atoms with Crippen LogP contribution in [-0.4, -0.2) is 50.0 Å². The van der Waals surface area contributed by atoms with E-state index in [1.54, 1.807) is 20.8 Å². The van der Waals surface area contributed by atoms with Crippen LogP contribution >= 0.6 is 0 Å². The maximum Gasteiger partial charge on any atom is 0.406 e. The summed E-state index contributed by atoms with van der Waals surface area (Å²) in [4.78, 5) is 12.9. The van der Waals surface area contributed by atoms with Crippen LogP contribution in [-0.2, 0) is 14.6 Å². The summed E-state index contributed by atoms with van der Waals surface area (Å²) < 4.78 is 60.4. The van der Waals surface area contributed by atoms with Gasteiger partial charge in [-0.15, -0.1) is 0 Å². The third kappa shape index (κ3) is 5.68. The molecular weight excluding hydrogens is 295 g/mol. The number of hydrogen-bond acceptors (Lipinski definition) is 3. The van der Waals surface area contributed by atoms with Crippen molar-refractivity contribution >= 4 is 15.7 Å². The molecule has 0 bridgehead atoms. The van der Waals surface area contributed by atoms with E-state index in [-0.39, 0.29) is 24.5 Å². The summed E-state index contributed by atoms with van der Waals surface area (Å²) in [5.41, 5.74) is -0.488. The summed E-state index contributed by atoms with van der Waals surface area (Å²) in [6.45, 7) is 3.81. The molecule has 1 aliphatic rings. The first-order valence-electron chi connectivity index (χ1n) is 6.35. The first kappa shape index (κ1) is 17.3. The molecule has 1 fully saturated rings. The number of halogens is 3. The van der Waals surface area contributed by atoms with E-state index in [0.717, 1.165) is 4.90 Å². The zero-order chi connectivity index (χ0) is 15.8. The Balaban J connectivity index is 2.85. The molecule has 0 aromatic heterocycles. The number of nitrogens with zero attached hydrogens (tertiary/aromatic N) is 1. The van der Waals surface area contributed by atoms with Crippen LogP contribution in [0.5, 0.6) is 0 Å². The van der Waals surface area contributed by atoms with Crippen LogP contribution in [0.3, 0.4) is 0 Å². The molecule has 0 unspecified atom stereocenters. The zero-order valence-electron chi connectivity index (χ0n) is 11.8. The van der Waals surface area contributed by atoms with Crippen molar-refractivity contribution in [2.75, 3.05) is 24.6 Å². The number of carbonyl (C=O) groups excluding carboxylic acids is 1. The summed E-state index contributed by atoms with van der Waals surface area (Å²) >= 11 is 0. The Hall–Kier alpha value is -0.790. The van der Waals surface area contributed by atoms with Gasteiger partial charge in [0.1, 0.15) is 6.54 Å². The lowest BCUT2D eigenvalue weighted by atomic mass is 9.95. The minimum atomic E-state index is -4.49. The fourth-order valence-corrected chi connectivity index (χ4v) is 3.98. The van der Waals surface area contributed by atoms with E-state index in [4.69, 9.17) is 0 Å². The van der Waals surface area contributed by atoms with Crippen LogP contribution in [0.25, 0.3) is 0 Å². The standard InChI is InChI=1S/C12H20F3NO3S/c1-11(2,3)7-16(8-12(13,14)15)10(17)9-4-5-20(18,19)6-9/h9H,4-8H2,1-3H3/t9-/m0/s1. The third-order valence-corrected chi connectivity index (χ3v) is 4.70. The average molecular weight is 315 g/mol. The van der Waals surface area contributed by atoms with Gasteiger partial charge in [0.2, 0.25) is 5.91 Å². The highest BCUT2D eigenvalue weighted by molar-refractivity contribution is 7.91. The van der Waals surface area contributed by atoms with Crippen molar-refractivity contribution in [2.45, 2.75) is 33.4 Å². The Kier molecular flexibility index (Phi) is 4.78. The molecule has 0 radical (unpaired) electrons. The molecule has 0 N–H and O–H groups in total. The number of sulfone groups is 1. The molecule has 1 rings (SSSR count). The number of hydrogen-bond donors (Lipinski definition) is 0. The van der Waals surface area contributed by atoms with Gasteiger partial charge in [0.15, 0.2) is 9.84 Å². The molecule has 1 atom stereocenters. The molecule has 1 saturated heterocycles. The molecule has 0 aliphatic carbocycles. The summed E-state index contributed by atoms with van der Waals surface area (Å²) in [7, 11) is -3.29. The highest BCUT2D eigenvalue weighted by Crippen LogP contribution is 2.26. The molecule has 0 aromatic carbocycles. The van der Waals surface area contributed by atoms with Gasteiger partial charge in [0, 0.05) is 6.54 Å². The van der Waals surface area contributed by atoms with Gasteiger partial charge in [-0.2, -0.15) is 13.2 Å². The molecule has 118 valence electrons. The molecule has 8 heteroatoms. The van der Waals surface area contributed by atoms with Crippen molar-refractivity contribution in [1.29, 1.82) is 0 Å². The molecule has 20 heavy (non-hydrogen) atoms. The molecule has 0 aromatic rings. The topological polar surface area (TPSA) is 54.5 Å². The van der Waals surface area contributed by atoms with Gasteiger partial charge in [0.25, 0.3) is 0 Å². The van der Waals surface area contributed by atoms with E-state index in [0.29, 0.717) is 0 Å². The average Bonchev–Trinajstić information content (AvgIpc) is 2.52. The summed E-state index contributed by atoms with van der Waals surface area (Å²) in [6, 6.07) is 0. The highest BCUT2D eigenvalue weighted by Gasteiger charge is 2.40. The molecule has 1 aliphatic heterocycles. The van der Waals surface area contributed by atoms with E-state index >= 15 is 0 Å².